The number of rotatable bonds is 3. The van der Waals surface area contributed by atoms with Gasteiger partial charge in [0.15, 0.2) is 5.17 Å². The molecule has 1 aliphatic rings. The zero-order chi connectivity index (χ0) is 12.1. The van der Waals surface area contributed by atoms with Crippen molar-refractivity contribution in [2.24, 2.45) is 4.99 Å². The number of aryl methyl sites for hydroxylation is 1. The van der Waals surface area contributed by atoms with E-state index in [1.165, 1.54) is 11.1 Å². The molecular formula is C14H17ClN2S. The molecule has 4 heteroatoms. The van der Waals surface area contributed by atoms with Gasteiger partial charge in [-0.25, -0.2) is 0 Å². The summed E-state index contributed by atoms with van der Waals surface area (Å²) in [7, 11) is 0. The molecule has 0 bridgehead atoms. The molecule has 0 aromatic heterocycles. The van der Waals surface area contributed by atoms with Gasteiger partial charge in [-0.15, -0.1) is 19.0 Å². The maximum Gasteiger partial charge on any atom is 0.161 e. The number of hydrogen-bond donors (Lipinski definition) is 1. The van der Waals surface area contributed by atoms with Crippen LogP contribution in [0, 0.1) is 6.92 Å². The number of thioether (sulfide) groups is 1. The number of nitrogens with zero attached hydrogens (tertiary/aromatic N) is 1. The van der Waals surface area contributed by atoms with E-state index < -0.39 is 0 Å². The Bertz CT molecular complexity index is 463. The zero-order valence-corrected chi connectivity index (χ0v) is 12.0. The third kappa shape index (κ3) is 3.93. The second kappa shape index (κ2) is 7.29. The van der Waals surface area contributed by atoms with Crippen LogP contribution in [0.1, 0.15) is 11.1 Å². The van der Waals surface area contributed by atoms with E-state index in [0.29, 0.717) is 6.54 Å². The molecule has 0 unspecified atom stereocenters. The topological polar surface area (TPSA) is 24.4 Å². The zero-order valence-electron chi connectivity index (χ0n) is 10.3. The van der Waals surface area contributed by atoms with Gasteiger partial charge in [-0.05, 0) is 18.6 Å². The number of nitrogens with one attached hydrogen (secondary N) is 1. The van der Waals surface area contributed by atoms with E-state index >= 15 is 0 Å². The first-order valence-corrected chi connectivity index (χ1v) is 6.60. The average molecular weight is 281 g/mol. The quantitative estimate of drug-likeness (QED) is 0.855. The Balaban J connectivity index is 0.00000162. The maximum atomic E-state index is 4.40. The number of benzene rings is 1. The maximum absolute atomic E-state index is 4.40. The Morgan fingerprint density at radius 1 is 1.39 bits per heavy atom. The second-order valence-corrected chi connectivity index (χ2v) is 4.86. The molecule has 0 saturated heterocycles. The van der Waals surface area contributed by atoms with Crippen LogP contribution in [0.25, 0.3) is 5.70 Å². The number of hydrogen-bond acceptors (Lipinski definition) is 2. The standard InChI is InChI=1S/C14H16N2S.ClH/c1-3-9-15-14-16-13(8-10-17-14)12-6-4-11(2)5-7-12;/h3-8H,1,9-10H2,2H3,(H,15,16);1H. The van der Waals surface area contributed by atoms with Crippen molar-refractivity contribution in [2.75, 3.05) is 12.3 Å². The fourth-order valence-corrected chi connectivity index (χ4v) is 2.32. The van der Waals surface area contributed by atoms with E-state index in [9.17, 15) is 0 Å². The van der Waals surface area contributed by atoms with Crippen LogP contribution in [0.5, 0.6) is 0 Å². The predicted molar refractivity (Wildman–Crippen MR) is 84.5 cm³/mol. The van der Waals surface area contributed by atoms with Crippen LogP contribution >= 0.6 is 24.2 Å². The number of halogens is 1. The Labute approximate surface area is 119 Å². The second-order valence-electron chi connectivity index (χ2n) is 3.85. The van der Waals surface area contributed by atoms with Gasteiger partial charge in [-0.3, -0.25) is 4.99 Å². The van der Waals surface area contributed by atoms with Crippen molar-refractivity contribution in [1.82, 2.24) is 5.32 Å². The minimum absolute atomic E-state index is 0. The van der Waals surface area contributed by atoms with Gasteiger partial charge in [0.05, 0.1) is 6.54 Å². The van der Waals surface area contributed by atoms with Crippen molar-refractivity contribution in [3.63, 3.8) is 0 Å². The lowest BCUT2D eigenvalue weighted by molar-refractivity contribution is 1.19. The van der Waals surface area contributed by atoms with Gasteiger partial charge < -0.3 is 5.32 Å². The van der Waals surface area contributed by atoms with Crippen LogP contribution in [0.2, 0.25) is 0 Å². The van der Waals surface area contributed by atoms with Gasteiger partial charge in [0.1, 0.15) is 0 Å². The summed E-state index contributed by atoms with van der Waals surface area (Å²) in [5, 5.41) is 4.33. The smallest absolute Gasteiger partial charge is 0.161 e. The molecule has 0 fully saturated rings. The van der Waals surface area contributed by atoms with Gasteiger partial charge in [0, 0.05) is 11.4 Å². The van der Waals surface area contributed by atoms with Gasteiger partial charge in [0.25, 0.3) is 0 Å². The molecular weight excluding hydrogens is 264 g/mol. The molecule has 0 spiro atoms. The van der Waals surface area contributed by atoms with Gasteiger partial charge in [-0.2, -0.15) is 0 Å². The summed E-state index contributed by atoms with van der Waals surface area (Å²) in [6, 6.07) is 8.52. The molecule has 1 heterocycles. The lowest BCUT2D eigenvalue weighted by atomic mass is 10.1. The highest BCUT2D eigenvalue weighted by Gasteiger charge is 2.10. The normalized spacial score (nSPS) is 16.5. The molecule has 0 atom stereocenters. The van der Waals surface area contributed by atoms with Crippen LogP contribution < -0.4 is 5.32 Å². The summed E-state index contributed by atoms with van der Waals surface area (Å²) in [6.07, 6.45) is 4.00. The molecule has 1 aromatic rings. The summed E-state index contributed by atoms with van der Waals surface area (Å²) in [5.74, 6) is 0.964. The van der Waals surface area contributed by atoms with Crippen LogP contribution in [0.15, 0.2) is 48.0 Å². The third-order valence-corrected chi connectivity index (χ3v) is 3.31. The molecule has 0 amide bonds. The summed E-state index contributed by atoms with van der Waals surface area (Å²) in [5.41, 5.74) is 3.63. The van der Waals surface area contributed by atoms with Crippen molar-refractivity contribution in [2.45, 2.75) is 6.92 Å². The lowest BCUT2D eigenvalue weighted by Gasteiger charge is -2.17. The first-order valence-electron chi connectivity index (χ1n) is 5.62. The Morgan fingerprint density at radius 3 is 2.78 bits per heavy atom. The lowest BCUT2D eigenvalue weighted by Crippen LogP contribution is -2.23. The number of aliphatic imine (C=N–C) groups is 1. The molecule has 2 rings (SSSR count). The van der Waals surface area contributed by atoms with Crippen LogP contribution in [0.4, 0.5) is 0 Å². The first-order chi connectivity index (χ1) is 8.29. The summed E-state index contributed by atoms with van der Waals surface area (Å²) in [4.78, 5) is 4.40. The van der Waals surface area contributed by atoms with Crippen molar-refractivity contribution in [3.05, 3.63) is 54.1 Å². The fourth-order valence-electron chi connectivity index (χ4n) is 1.56. The number of amidine groups is 1. The van der Waals surface area contributed by atoms with Crippen molar-refractivity contribution < 1.29 is 0 Å². The third-order valence-electron chi connectivity index (χ3n) is 2.48. The van der Waals surface area contributed by atoms with Crippen LogP contribution in [-0.4, -0.2) is 17.5 Å². The molecule has 2 nitrogen and oxygen atoms in total. The van der Waals surface area contributed by atoms with Crippen molar-refractivity contribution in [3.8, 4) is 0 Å². The largest absolute Gasteiger partial charge is 0.335 e. The highest BCUT2D eigenvalue weighted by atomic mass is 35.5. The Kier molecular flexibility index (Phi) is 6.02. The minimum Gasteiger partial charge on any atom is -0.335 e. The molecule has 1 aromatic carbocycles. The molecule has 0 saturated carbocycles. The van der Waals surface area contributed by atoms with Crippen LogP contribution in [0.3, 0.4) is 0 Å². The molecule has 96 valence electrons. The Hall–Kier alpha value is -1.19. The van der Waals surface area contributed by atoms with Gasteiger partial charge >= 0.3 is 0 Å². The molecule has 18 heavy (non-hydrogen) atoms. The van der Waals surface area contributed by atoms with Gasteiger partial charge in [-0.1, -0.05) is 47.7 Å². The van der Waals surface area contributed by atoms with E-state index in [4.69, 9.17) is 0 Å². The van der Waals surface area contributed by atoms with Crippen LogP contribution in [-0.2, 0) is 0 Å². The predicted octanol–water partition coefficient (Wildman–Crippen LogP) is 3.64. The van der Waals surface area contributed by atoms with E-state index in [2.05, 4.69) is 54.2 Å². The van der Waals surface area contributed by atoms with Gasteiger partial charge in [0.2, 0.25) is 0 Å². The summed E-state index contributed by atoms with van der Waals surface area (Å²) >= 11 is 1.72. The van der Waals surface area contributed by atoms with E-state index in [-0.39, 0.29) is 12.4 Å². The van der Waals surface area contributed by atoms with Crippen molar-refractivity contribution in [1.29, 1.82) is 0 Å². The average Bonchev–Trinajstić information content (AvgIpc) is 2.37. The first kappa shape index (κ1) is 14.9. The highest BCUT2D eigenvalue weighted by molar-refractivity contribution is 8.14. The van der Waals surface area contributed by atoms with E-state index in [0.717, 1.165) is 16.6 Å². The molecule has 0 aliphatic carbocycles. The summed E-state index contributed by atoms with van der Waals surface area (Å²) < 4.78 is 0. The van der Waals surface area contributed by atoms with Crippen molar-refractivity contribution >= 4 is 35.0 Å². The Morgan fingerprint density at radius 2 is 2.11 bits per heavy atom. The molecule has 1 N–H and O–H groups in total. The molecule has 0 radical (unpaired) electrons. The summed E-state index contributed by atoms with van der Waals surface area (Å²) in [6.45, 7) is 6.43. The SMILES string of the molecule is C=CCN=C1NC(c2ccc(C)cc2)=CCS1.Cl. The minimum atomic E-state index is 0. The van der Waals surface area contributed by atoms with E-state index in [1.54, 1.807) is 17.8 Å². The fraction of sp³-hybridized carbons (Fsp3) is 0.214. The highest BCUT2D eigenvalue weighted by Crippen LogP contribution is 2.20. The monoisotopic (exact) mass is 280 g/mol. The van der Waals surface area contributed by atoms with E-state index in [1.807, 2.05) is 0 Å². The molecule has 1 aliphatic heterocycles.